The highest BCUT2D eigenvalue weighted by Crippen LogP contribution is 2.21. The highest BCUT2D eigenvalue weighted by Gasteiger charge is 2.07. The molecule has 0 aliphatic heterocycles. The summed E-state index contributed by atoms with van der Waals surface area (Å²) >= 11 is 0. The first kappa shape index (κ1) is 9.90. The topological polar surface area (TPSA) is 30.7 Å². The molecule has 0 unspecified atom stereocenters. The van der Waals surface area contributed by atoms with E-state index in [0.29, 0.717) is 0 Å². The van der Waals surface area contributed by atoms with Crippen LogP contribution in [0.25, 0.3) is 11.4 Å². The van der Waals surface area contributed by atoms with Crippen LogP contribution in [0.4, 0.5) is 0 Å². The van der Waals surface area contributed by atoms with E-state index in [4.69, 9.17) is 0 Å². The molecule has 0 amide bonds. The first-order valence-corrected chi connectivity index (χ1v) is 5.18. The third kappa shape index (κ3) is 1.77. The van der Waals surface area contributed by atoms with Crippen LogP contribution < -0.4 is 0 Å². The molecule has 2 rings (SSSR count). The van der Waals surface area contributed by atoms with Crippen molar-refractivity contribution in [2.24, 2.45) is 0 Å². The van der Waals surface area contributed by atoms with E-state index in [1.54, 1.807) is 6.33 Å². The molecule has 78 valence electrons. The van der Waals surface area contributed by atoms with Gasteiger partial charge in [-0.05, 0) is 31.9 Å². The van der Waals surface area contributed by atoms with Crippen LogP contribution in [0, 0.1) is 13.8 Å². The number of nitrogens with zero attached hydrogens (tertiary/aromatic N) is 3. The number of hydrogen-bond acceptors (Lipinski definition) is 2. The van der Waals surface area contributed by atoms with Crippen molar-refractivity contribution < 1.29 is 0 Å². The Morgan fingerprint density at radius 2 is 2.07 bits per heavy atom. The molecular formula is C12H15N3. The van der Waals surface area contributed by atoms with Crippen LogP contribution in [0.3, 0.4) is 0 Å². The first-order valence-electron chi connectivity index (χ1n) is 5.18. The van der Waals surface area contributed by atoms with E-state index >= 15 is 0 Å². The van der Waals surface area contributed by atoms with Crippen molar-refractivity contribution in [2.75, 3.05) is 0 Å². The molecule has 15 heavy (non-hydrogen) atoms. The molecule has 1 aromatic heterocycles. The van der Waals surface area contributed by atoms with Crippen molar-refractivity contribution in [3.63, 3.8) is 0 Å². The lowest BCUT2D eigenvalue weighted by Gasteiger charge is -2.04. The molecule has 0 saturated heterocycles. The van der Waals surface area contributed by atoms with Gasteiger partial charge in [0, 0.05) is 12.1 Å². The maximum Gasteiger partial charge on any atom is 0.181 e. The van der Waals surface area contributed by atoms with Crippen molar-refractivity contribution in [1.82, 2.24) is 14.8 Å². The molecule has 0 atom stereocenters. The minimum absolute atomic E-state index is 0.818. The molecule has 0 radical (unpaired) electrons. The van der Waals surface area contributed by atoms with Gasteiger partial charge in [-0.3, -0.25) is 4.68 Å². The van der Waals surface area contributed by atoms with E-state index in [1.807, 2.05) is 10.7 Å². The summed E-state index contributed by atoms with van der Waals surface area (Å²) < 4.78 is 1.84. The summed E-state index contributed by atoms with van der Waals surface area (Å²) in [6.07, 6.45) is 1.77. The van der Waals surface area contributed by atoms with E-state index in [-0.39, 0.29) is 0 Å². The molecule has 0 aliphatic rings. The van der Waals surface area contributed by atoms with Crippen LogP contribution in [0.2, 0.25) is 0 Å². The molecule has 1 aromatic carbocycles. The Bertz CT molecular complexity index is 471. The zero-order chi connectivity index (χ0) is 10.8. The van der Waals surface area contributed by atoms with Gasteiger partial charge in [0.1, 0.15) is 6.33 Å². The van der Waals surface area contributed by atoms with E-state index in [0.717, 1.165) is 17.9 Å². The minimum atomic E-state index is 0.818. The van der Waals surface area contributed by atoms with Gasteiger partial charge in [-0.1, -0.05) is 18.2 Å². The van der Waals surface area contributed by atoms with Gasteiger partial charge in [0.15, 0.2) is 5.82 Å². The zero-order valence-electron chi connectivity index (χ0n) is 9.36. The fourth-order valence-electron chi connectivity index (χ4n) is 1.56. The minimum Gasteiger partial charge on any atom is -0.253 e. The Kier molecular flexibility index (Phi) is 2.54. The van der Waals surface area contributed by atoms with Gasteiger partial charge < -0.3 is 0 Å². The fourth-order valence-corrected chi connectivity index (χ4v) is 1.56. The Balaban J connectivity index is 2.49. The van der Waals surface area contributed by atoms with Crippen molar-refractivity contribution in [3.8, 4) is 11.4 Å². The Morgan fingerprint density at radius 3 is 2.73 bits per heavy atom. The largest absolute Gasteiger partial charge is 0.253 e. The average molecular weight is 201 g/mol. The van der Waals surface area contributed by atoms with Crippen LogP contribution in [-0.4, -0.2) is 14.8 Å². The lowest BCUT2D eigenvalue weighted by atomic mass is 10.0. The Morgan fingerprint density at radius 1 is 1.27 bits per heavy atom. The zero-order valence-corrected chi connectivity index (χ0v) is 9.36. The Labute approximate surface area is 89.8 Å². The number of aryl methyl sites for hydroxylation is 2. The summed E-state index contributed by atoms with van der Waals surface area (Å²) in [5.74, 6) is 0.818. The normalized spacial score (nSPS) is 10.6. The summed E-state index contributed by atoms with van der Waals surface area (Å²) in [5, 5.41) is 4.41. The molecule has 0 saturated carbocycles. The van der Waals surface area contributed by atoms with Gasteiger partial charge in [0.25, 0.3) is 0 Å². The maximum atomic E-state index is 4.41. The summed E-state index contributed by atoms with van der Waals surface area (Å²) in [6.45, 7) is 7.13. The average Bonchev–Trinajstić information content (AvgIpc) is 2.70. The van der Waals surface area contributed by atoms with Crippen LogP contribution in [0.1, 0.15) is 18.1 Å². The second-order valence-electron chi connectivity index (χ2n) is 3.67. The molecule has 0 aliphatic carbocycles. The molecule has 3 heteroatoms. The molecular weight excluding hydrogens is 186 g/mol. The lowest BCUT2D eigenvalue weighted by Crippen LogP contribution is -1.95. The van der Waals surface area contributed by atoms with E-state index < -0.39 is 0 Å². The third-order valence-corrected chi connectivity index (χ3v) is 2.71. The number of aromatic nitrogens is 3. The highest BCUT2D eigenvalue weighted by atomic mass is 15.3. The van der Waals surface area contributed by atoms with Gasteiger partial charge in [0.05, 0.1) is 0 Å². The number of benzene rings is 1. The quantitative estimate of drug-likeness (QED) is 0.747. The second kappa shape index (κ2) is 3.85. The number of rotatable bonds is 2. The standard InChI is InChI=1S/C12H15N3/c1-4-15-8-13-12(14-15)11-7-5-6-9(2)10(11)3/h5-8H,4H2,1-3H3. The van der Waals surface area contributed by atoms with Gasteiger partial charge in [-0.15, -0.1) is 0 Å². The van der Waals surface area contributed by atoms with E-state index in [9.17, 15) is 0 Å². The highest BCUT2D eigenvalue weighted by molar-refractivity contribution is 5.61. The van der Waals surface area contributed by atoms with Crippen molar-refractivity contribution >= 4 is 0 Å². The van der Waals surface area contributed by atoms with Gasteiger partial charge in [-0.2, -0.15) is 5.10 Å². The Hall–Kier alpha value is -1.64. The molecule has 2 aromatic rings. The molecule has 3 nitrogen and oxygen atoms in total. The van der Waals surface area contributed by atoms with Crippen LogP contribution in [0.15, 0.2) is 24.5 Å². The fraction of sp³-hybridized carbons (Fsp3) is 0.333. The van der Waals surface area contributed by atoms with Crippen molar-refractivity contribution in [1.29, 1.82) is 0 Å². The first-order chi connectivity index (χ1) is 7.22. The van der Waals surface area contributed by atoms with Crippen LogP contribution >= 0.6 is 0 Å². The van der Waals surface area contributed by atoms with Crippen LogP contribution in [-0.2, 0) is 6.54 Å². The second-order valence-corrected chi connectivity index (χ2v) is 3.67. The van der Waals surface area contributed by atoms with Gasteiger partial charge in [0.2, 0.25) is 0 Å². The molecule has 0 spiro atoms. The predicted octanol–water partition coefficient (Wildman–Crippen LogP) is 2.58. The molecule has 0 N–H and O–H groups in total. The third-order valence-electron chi connectivity index (χ3n) is 2.71. The van der Waals surface area contributed by atoms with Gasteiger partial charge >= 0.3 is 0 Å². The van der Waals surface area contributed by atoms with E-state index in [2.05, 4.69) is 43.0 Å². The lowest BCUT2D eigenvalue weighted by molar-refractivity contribution is 0.659. The summed E-state index contributed by atoms with van der Waals surface area (Å²) in [6, 6.07) is 6.22. The predicted molar refractivity (Wildman–Crippen MR) is 60.6 cm³/mol. The van der Waals surface area contributed by atoms with E-state index in [1.165, 1.54) is 11.1 Å². The summed E-state index contributed by atoms with van der Waals surface area (Å²) in [7, 11) is 0. The molecule has 0 bridgehead atoms. The molecule has 0 fully saturated rings. The number of hydrogen-bond donors (Lipinski definition) is 0. The van der Waals surface area contributed by atoms with Gasteiger partial charge in [-0.25, -0.2) is 4.98 Å². The SMILES string of the molecule is CCn1cnc(-c2cccc(C)c2C)n1. The maximum absolute atomic E-state index is 4.41. The smallest absolute Gasteiger partial charge is 0.181 e. The summed E-state index contributed by atoms with van der Waals surface area (Å²) in [5.41, 5.74) is 3.66. The van der Waals surface area contributed by atoms with Crippen molar-refractivity contribution in [2.45, 2.75) is 27.3 Å². The monoisotopic (exact) mass is 201 g/mol. The van der Waals surface area contributed by atoms with Crippen molar-refractivity contribution in [3.05, 3.63) is 35.7 Å². The molecule has 1 heterocycles. The summed E-state index contributed by atoms with van der Waals surface area (Å²) in [4.78, 5) is 4.31. The van der Waals surface area contributed by atoms with Crippen LogP contribution in [0.5, 0.6) is 0 Å².